The fraction of sp³-hybridized carbons (Fsp3) is 0.125. The number of nitrogens with one attached hydrogen (secondary N) is 1. The molecule has 3 nitrogen and oxygen atoms in total. The molecule has 3 aromatic rings. The Morgan fingerprint density at radius 1 is 0.789 bits per heavy atom. The molecule has 0 aliphatic carbocycles. The zero-order valence-corrected chi connectivity index (χ0v) is 10.6. The lowest BCUT2D eigenvalue weighted by Crippen LogP contribution is -2.14. The van der Waals surface area contributed by atoms with Crippen LogP contribution >= 0.6 is 0 Å². The fourth-order valence-corrected chi connectivity index (χ4v) is 2.18. The van der Waals surface area contributed by atoms with Crippen LogP contribution in [0.3, 0.4) is 0 Å². The average molecular weight is 249 g/mol. The van der Waals surface area contributed by atoms with Gasteiger partial charge in [-0.1, -0.05) is 42.5 Å². The monoisotopic (exact) mass is 249 g/mol. The van der Waals surface area contributed by atoms with Crippen LogP contribution in [0.4, 0.5) is 0 Å². The van der Waals surface area contributed by atoms with Gasteiger partial charge < -0.3 is 5.32 Å². The largest absolute Gasteiger partial charge is 0.306 e. The summed E-state index contributed by atoms with van der Waals surface area (Å²) in [6.45, 7) is 1.50. The Balaban J connectivity index is 1.72. The molecule has 0 saturated carbocycles. The average Bonchev–Trinajstić information content (AvgIpc) is 2.49. The minimum atomic E-state index is 0.685. The van der Waals surface area contributed by atoms with Gasteiger partial charge in [0.2, 0.25) is 0 Å². The third kappa shape index (κ3) is 2.77. The van der Waals surface area contributed by atoms with Crippen molar-refractivity contribution < 1.29 is 0 Å². The van der Waals surface area contributed by atoms with E-state index in [2.05, 4.69) is 57.7 Å². The third-order valence-electron chi connectivity index (χ3n) is 3.10. The van der Waals surface area contributed by atoms with Gasteiger partial charge in [0.25, 0.3) is 0 Å². The van der Waals surface area contributed by atoms with E-state index in [4.69, 9.17) is 0 Å². The van der Waals surface area contributed by atoms with E-state index in [1.807, 2.05) is 6.07 Å². The first kappa shape index (κ1) is 11.8. The van der Waals surface area contributed by atoms with Crippen LogP contribution in [0.15, 0.2) is 60.9 Å². The van der Waals surface area contributed by atoms with Crippen LogP contribution in [0.25, 0.3) is 10.8 Å². The lowest BCUT2D eigenvalue weighted by Gasteiger charge is -2.07. The molecule has 3 heteroatoms. The number of aromatic nitrogens is 2. The van der Waals surface area contributed by atoms with Crippen molar-refractivity contribution in [2.75, 3.05) is 0 Å². The number of benzene rings is 2. The molecule has 0 unspecified atom stereocenters. The zero-order valence-electron chi connectivity index (χ0n) is 10.6. The summed E-state index contributed by atoms with van der Waals surface area (Å²) in [6, 6.07) is 16.7. The quantitative estimate of drug-likeness (QED) is 0.772. The molecule has 19 heavy (non-hydrogen) atoms. The van der Waals surface area contributed by atoms with E-state index >= 15 is 0 Å². The van der Waals surface area contributed by atoms with E-state index in [-0.39, 0.29) is 0 Å². The molecular weight excluding hydrogens is 234 g/mol. The van der Waals surface area contributed by atoms with Crippen LogP contribution in [0.1, 0.15) is 11.4 Å². The maximum atomic E-state index is 4.20. The van der Waals surface area contributed by atoms with Crippen molar-refractivity contribution in [2.24, 2.45) is 0 Å². The van der Waals surface area contributed by atoms with Crippen molar-refractivity contribution in [1.82, 2.24) is 15.3 Å². The van der Waals surface area contributed by atoms with Gasteiger partial charge in [-0.3, -0.25) is 0 Å². The molecule has 2 aromatic carbocycles. The summed E-state index contributed by atoms with van der Waals surface area (Å²) in [5, 5.41) is 5.96. The maximum absolute atomic E-state index is 4.20. The Hall–Kier alpha value is -2.26. The fourth-order valence-electron chi connectivity index (χ4n) is 2.18. The van der Waals surface area contributed by atoms with E-state index in [9.17, 15) is 0 Å². The van der Waals surface area contributed by atoms with Gasteiger partial charge in [-0.05, 0) is 22.4 Å². The second-order valence-corrected chi connectivity index (χ2v) is 4.41. The van der Waals surface area contributed by atoms with Crippen molar-refractivity contribution in [2.45, 2.75) is 13.1 Å². The molecule has 0 aliphatic rings. The van der Waals surface area contributed by atoms with Gasteiger partial charge in [0.05, 0.1) is 6.54 Å². The highest BCUT2D eigenvalue weighted by Crippen LogP contribution is 2.18. The molecular formula is C16H15N3. The van der Waals surface area contributed by atoms with Crippen molar-refractivity contribution in [3.63, 3.8) is 0 Å². The summed E-state index contributed by atoms with van der Waals surface area (Å²) in [5.74, 6) is 0.822. The zero-order chi connectivity index (χ0) is 12.9. The molecule has 1 heterocycles. The van der Waals surface area contributed by atoms with Crippen LogP contribution in [0.2, 0.25) is 0 Å². The van der Waals surface area contributed by atoms with E-state index < -0.39 is 0 Å². The Kier molecular flexibility index (Phi) is 3.47. The molecule has 0 saturated heterocycles. The topological polar surface area (TPSA) is 37.8 Å². The molecule has 0 spiro atoms. The van der Waals surface area contributed by atoms with Crippen LogP contribution < -0.4 is 5.32 Å². The van der Waals surface area contributed by atoms with E-state index in [1.54, 1.807) is 12.4 Å². The SMILES string of the molecule is c1cnc(CNCc2cccc3ccccc23)nc1. The van der Waals surface area contributed by atoms with Crippen LogP contribution in [-0.4, -0.2) is 9.97 Å². The van der Waals surface area contributed by atoms with Gasteiger partial charge in [0.1, 0.15) is 5.82 Å². The van der Waals surface area contributed by atoms with E-state index in [0.29, 0.717) is 6.54 Å². The van der Waals surface area contributed by atoms with Crippen molar-refractivity contribution in [3.8, 4) is 0 Å². The first-order valence-electron chi connectivity index (χ1n) is 6.37. The molecule has 1 aromatic heterocycles. The third-order valence-corrected chi connectivity index (χ3v) is 3.10. The summed E-state index contributed by atoms with van der Waals surface area (Å²) < 4.78 is 0. The molecule has 0 bridgehead atoms. The number of fused-ring (bicyclic) bond motifs is 1. The van der Waals surface area contributed by atoms with Crippen LogP contribution in [-0.2, 0) is 13.1 Å². The first-order valence-corrected chi connectivity index (χ1v) is 6.37. The number of nitrogens with zero attached hydrogens (tertiary/aromatic N) is 2. The highest BCUT2D eigenvalue weighted by molar-refractivity contribution is 5.85. The minimum Gasteiger partial charge on any atom is -0.306 e. The van der Waals surface area contributed by atoms with Gasteiger partial charge in [0.15, 0.2) is 0 Å². The summed E-state index contributed by atoms with van der Waals surface area (Å²) in [7, 11) is 0. The Morgan fingerprint density at radius 3 is 2.47 bits per heavy atom. The molecule has 1 N–H and O–H groups in total. The Bertz CT molecular complexity index is 660. The van der Waals surface area contributed by atoms with Gasteiger partial charge in [-0.15, -0.1) is 0 Å². The van der Waals surface area contributed by atoms with Crippen LogP contribution in [0.5, 0.6) is 0 Å². The maximum Gasteiger partial charge on any atom is 0.141 e. The minimum absolute atomic E-state index is 0.685. The predicted octanol–water partition coefficient (Wildman–Crippen LogP) is 2.92. The van der Waals surface area contributed by atoms with Crippen molar-refractivity contribution in [1.29, 1.82) is 0 Å². The van der Waals surface area contributed by atoms with Crippen molar-refractivity contribution >= 4 is 10.8 Å². The van der Waals surface area contributed by atoms with Gasteiger partial charge in [0, 0.05) is 18.9 Å². The summed E-state index contributed by atoms with van der Waals surface area (Å²) in [5.41, 5.74) is 1.30. The smallest absolute Gasteiger partial charge is 0.141 e. The molecule has 94 valence electrons. The Morgan fingerprint density at radius 2 is 1.58 bits per heavy atom. The van der Waals surface area contributed by atoms with Crippen LogP contribution in [0, 0.1) is 0 Å². The molecule has 0 fully saturated rings. The van der Waals surface area contributed by atoms with Crippen molar-refractivity contribution in [3.05, 3.63) is 72.3 Å². The normalized spacial score (nSPS) is 10.7. The molecule has 0 atom stereocenters. The number of rotatable bonds is 4. The summed E-state index contributed by atoms with van der Waals surface area (Å²) >= 11 is 0. The van der Waals surface area contributed by atoms with Gasteiger partial charge in [-0.25, -0.2) is 9.97 Å². The molecule has 0 aliphatic heterocycles. The second kappa shape index (κ2) is 5.59. The summed E-state index contributed by atoms with van der Waals surface area (Å²) in [6.07, 6.45) is 3.53. The Labute approximate surface area is 112 Å². The first-order chi connectivity index (χ1) is 9.43. The number of hydrogen-bond donors (Lipinski definition) is 1. The molecule has 0 radical (unpaired) electrons. The summed E-state index contributed by atoms with van der Waals surface area (Å²) in [4.78, 5) is 8.40. The lowest BCUT2D eigenvalue weighted by atomic mass is 10.0. The number of hydrogen-bond acceptors (Lipinski definition) is 3. The standard InChI is InChI=1S/C16H15N3/c1-2-8-15-13(5-1)6-3-7-14(15)11-17-12-16-18-9-4-10-19-16/h1-10,17H,11-12H2. The van der Waals surface area contributed by atoms with E-state index in [0.717, 1.165) is 12.4 Å². The van der Waals surface area contributed by atoms with E-state index in [1.165, 1.54) is 16.3 Å². The molecule has 0 amide bonds. The lowest BCUT2D eigenvalue weighted by molar-refractivity contribution is 0.665. The van der Waals surface area contributed by atoms with Gasteiger partial charge in [-0.2, -0.15) is 0 Å². The molecule has 3 rings (SSSR count). The predicted molar refractivity (Wildman–Crippen MR) is 76.5 cm³/mol. The highest BCUT2D eigenvalue weighted by atomic mass is 14.9. The second-order valence-electron chi connectivity index (χ2n) is 4.41. The highest BCUT2D eigenvalue weighted by Gasteiger charge is 2.00. The van der Waals surface area contributed by atoms with Gasteiger partial charge >= 0.3 is 0 Å².